The van der Waals surface area contributed by atoms with Gasteiger partial charge in [-0.2, -0.15) is 0 Å². The summed E-state index contributed by atoms with van der Waals surface area (Å²) in [5, 5.41) is 0. The molecule has 0 radical (unpaired) electrons. The van der Waals surface area contributed by atoms with E-state index in [-0.39, 0.29) is 11.9 Å². The van der Waals surface area contributed by atoms with Crippen molar-refractivity contribution in [2.75, 3.05) is 6.61 Å². The zero-order chi connectivity index (χ0) is 22.6. The highest BCUT2D eigenvalue weighted by molar-refractivity contribution is 5.72. The van der Waals surface area contributed by atoms with E-state index >= 15 is 0 Å². The van der Waals surface area contributed by atoms with Gasteiger partial charge in [-0.3, -0.25) is 9.59 Å². The molecule has 1 aromatic carbocycles. The minimum Gasteiger partial charge on any atom is -0.466 e. The molecule has 0 heterocycles. The molecule has 0 spiro atoms. The predicted molar refractivity (Wildman–Crippen MR) is 127 cm³/mol. The molecule has 1 rings (SSSR count). The van der Waals surface area contributed by atoms with Crippen molar-refractivity contribution < 1.29 is 19.1 Å². The lowest BCUT2D eigenvalue weighted by molar-refractivity contribution is -0.144. The average Bonchev–Trinajstić information content (AvgIpc) is 2.76. The number of esters is 2. The quantitative estimate of drug-likeness (QED) is 0.128. The number of carbonyl (C=O) groups is 2. The molecular formula is C27H44O4. The van der Waals surface area contributed by atoms with Crippen molar-refractivity contribution in [3.05, 3.63) is 29.8 Å². The Balaban J connectivity index is 1.85. The summed E-state index contributed by atoms with van der Waals surface area (Å²) in [5.41, 5.74) is 0.979. The van der Waals surface area contributed by atoms with Crippen molar-refractivity contribution in [3.8, 4) is 5.75 Å². The summed E-state index contributed by atoms with van der Waals surface area (Å²) in [4.78, 5) is 23.7. The lowest BCUT2D eigenvalue weighted by atomic mass is 10.1. The molecule has 0 amide bonds. The van der Waals surface area contributed by atoms with E-state index in [1.807, 2.05) is 31.2 Å². The van der Waals surface area contributed by atoms with Gasteiger partial charge in [0.1, 0.15) is 5.75 Å². The van der Waals surface area contributed by atoms with E-state index in [0.717, 1.165) is 56.9 Å². The van der Waals surface area contributed by atoms with Gasteiger partial charge in [-0.15, -0.1) is 0 Å². The molecule has 0 saturated heterocycles. The SMILES string of the molecule is CCCCCCCCCCOC(=O)CCCCCCCCC(=O)Oc1ccccc1C. The van der Waals surface area contributed by atoms with Crippen molar-refractivity contribution in [1.29, 1.82) is 0 Å². The molecule has 4 heteroatoms. The Labute approximate surface area is 190 Å². The first-order chi connectivity index (χ1) is 15.1. The van der Waals surface area contributed by atoms with Crippen molar-refractivity contribution in [1.82, 2.24) is 0 Å². The van der Waals surface area contributed by atoms with Crippen molar-refractivity contribution >= 4 is 11.9 Å². The van der Waals surface area contributed by atoms with E-state index in [2.05, 4.69) is 6.92 Å². The summed E-state index contributed by atoms with van der Waals surface area (Å²) in [6.07, 6.45) is 17.0. The first-order valence-electron chi connectivity index (χ1n) is 12.6. The van der Waals surface area contributed by atoms with E-state index < -0.39 is 0 Å². The van der Waals surface area contributed by atoms with Crippen molar-refractivity contribution in [2.24, 2.45) is 0 Å². The third-order valence-corrected chi connectivity index (χ3v) is 5.59. The van der Waals surface area contributed by atoms with Gasteiger partial charge in [-0.1, -0.05) is 95.8 Å². The monoisotopic (exact) mass is 432 g/mol. The number of hydrogen-bond donors (Lipinski definition) is 0. The smallest absolute Gasteiger partial charge is 0.311 e. The topological polar surface area (TPSA) is 52.6 Å². The molecule has 0 saturated carbocycles. The van der Waals surface area contributed by atoms with Crippen LogP contribution in [-0.4, -0.2) is 18.5 Å². The molecule has 0 aliphatic heterocycles. The second-order valence-corrected chi connectivity index (χ2v) is 8.56. The summed E-state index contributed by atoms with van der Waals surface area (Å²) in [7, 11) is 0. The van der Waals surface area contributed by atoms with Gasteiger partial charge in [0.15, 0.2) is 0 Å². The molecule has 0 atom stereocenters. The van der Waals surface area contributed by atoms with Gasteiger partial charge in [-0.25, -0.2) is 0 Å². The summed E-state index contributed by atoms with van der Waals surface area (Å²) in [6, 6.07) is 7.58. The van der Waals surface area contributed by atoms with Crippen LogP contribution in [0.3, 0.4) is 0 Å². The minimum absolute atomic E-state index is 0.0538. The summed E-state index contributed by atoms with van der Waals surface area (Å²) < 4.78 is 10.7. The van der Waals surface area contributed by atoms with Gasteiger partial charge in [0.25, 0.3) is 0 Å². The number of hydrogen-bond acceptors (Lipinski definition) is 4. The Morgan fingerprint density at radius 1 is 0.677 bits per heavy atom. The second kappa shape index (κ2) is 18.9. The minimum atomic E-state index is -0.159. The third-order valence-electron chi connectivity index (χ3n) is 5.59. The maximum absolute atomic E-state index is 11.9. The highest BCUT2D eigenvalue weighted by Gasteiger charge is 2.07. The molecule has 0 aromatic heterocycles. The normalized spacial score (nSPS) is 10.8. The maximum Gasteiger partial charge on any atom is 0.311 e. The summed E-state index contributed by atoms with van der Waals surface area (Å²) in [5.74, 6) is 0.442. The number of carbonyl (C=O) groups excluding carboxylic acids is 2. The number of aryl methyl sites for hydroxylation is 1. The third kappa shape index (κ3) is 15.6. The van der Waals surface area contributed by atoms with Crippen LogP contribution in [-0.2, 0) is 14.3 Å². The number of para-hydroxylation sites is 1. The van der Waals surface area contributed by atoms with Crippen molar-refractivity contribution in [2.45, 2.75) is 117 Å². The molecule has 0 N–H and O–H groups in total. The average molecular weight is 433 g/mol. The lowest BCUT2D eigenvalue weighted by Gasteiger charge is -2.07. The number of rotatable bonds is 19. The van der Waals surface area contributed by atoms with Crippen LogP contribution in [0.25, 0.3) is 0 Å². The summed E-state index contributed by atoms with van der Waals surface area (Å²) >= 11 is 0. The zero-order valence-electron chi connectivity index (χ0n) is 20.0. The van der Waals surface area contributed by atoms with Crippen LogP contribution in [0, 0.1) is 6.92 Å². The molecule has 1 aromatic rings. The van der Waals surface area contributed by atoms with Gasteiger partial charge in [0.05, 0.1) is 6.61 Å². The van der Waals surface area contributed by atoms with Gasteiger partial charge in [0.2, 0.25) is 0 Å². The molecule has 31 heavy (non-hydrogen) atoms. The molecule has 0 unspecified atom stereocenters. The molecule has 4 nitrogen and oxygen atoms in total. The second-order valence-electron chi connectivity index (χ2n) is 8.56. The van der Waals surface area contributed by atoms with E-state index in [1.165, 1.54) is 38.5 Å². The predicted octanol–water partition coefficient (Wildman–Crippen LogP) is 7.71. The fourth-order valence-corrected chi connectivity index (χ4v) is 3.58. The van der Waals surface area contributed by atoms with Gasteiger partial charge >= 0.3 is 11.9 Å². The molecule has 0 aliphatic rings. The number of benzene rings is 1. The lowest BCUT2D eigenvalue weighted by Crippen LogP contribution is -2.08. The van der Waals surface area contributed by atoms with Crippen LogP contribution in [0.4, 0.5) is 0 Å². The van der Waals surface area contributed by atoms with E-state index in [1.54, 1.807) is 0 Å². The highest BCUT2D eigenvalue weighted by atomic mass is 16.5. The fraction of sp³-hybridized carbons (Fsp3) is 0.704. The Morgan fingerprint density at radius 3 is 1.81 bits per heavy atom. The number of unbranched alkanes of at least 4 members (excludes halogenated alkanes) is 12. The van der Waals surface area contributed by atoms with Crippen LogP contribution in [0.15, 0.2) is 24.3 Å². The Bertz CT molecular complexity index is 597. The first-order valence-corrected chi connectivity index (χ1v) is 12.6. The number of ether oxygens (including phenoxy) is 2. The first kappa shape index (κ1) is 27.2. The molecule has 0 bridgehead atoms. The Hall–Kier alpha value is -1.84. The van der Waals surface area contributed by atoms with E-state index in [9.17, 15) is 9.59 Å². The summed E-state index contributed by atoms with van der Waals surface area (Å²) in [6.45, 7) is 4.75. The molecule has 0 fully saturated rings. The standard InChI is InChI=1S/C27H44O4/c1-3-4-5-6-7-10-13-18-23-30-26(28)21-14-11-8-9-12-15-22-27(29)31-25-20-17-16-19-24(25)2/h16-17,19-20H,3-15,18,21-23H2,1-2H3. The van der Waals surface area contributed by atoms with Crippen molar-refractivity contribution in [3.63, 3.8) is 0 Å². The largest absolute Gasteiger partial charge is 0.466 e. The van der Waals surface area contributed by atoms with E-state index in [0.29, 0.717) is 25.2 Å². The Morgan fingerprint density at radius 2 is 1.19 bits per heavy atom. The zero-order valence-corrected chi connectivity index (χ0v) is 20.0. The van der Waals surface area contributed by atoms with Gasteiger partial charge in [0, 0.05) is 12.8 Å². The van der Waals surface area contributed by atoms with Crippen LogP contribution < -0.4 is 4.74 Å². The van der Waals surface area contributed by atoms with Crippen LogP contribution in [0.2, 0.25) is 0 Å². The van der Waals surface area contributed by atoms with Crippen LogP contribution in [0.1, 0.15) is 115 Å². The van der Waals surface area contributed by atoms with Gasteiger partial charge in [-0.05, 0) is 37.8 Å². The molecule has 176 valence electrons. The van der Waals surface area contributed by atoms with E-state index in [4.69, 9.17) is 9.47 Å². The maximum atomic E-state index is 11.9. The van der Waals surface area contributed by atoms with Crippen LogP contribution in [0.5, 0.6) is 5.75 Å². The highest BCUT2D eigenvalue weighted by Crippen LogP contribution is 2.17. The molecule has 0 aliphatic carbocycles. The van der Waals surface area contributed by atoms with Gasteiger partial charge < -0.3 is 9.47 Å². The fourth-order valence-electron chi connectivity index (χ4n) is 3.58. The molecular weight excluding hydrogens is 388 g/mol. The Kier molecular flexibility index (Phi) is 16.6. The van der Waals surface area contributed by atoms with Crippen LogP contribution >= 0.6 is 0 Å².